The quantitative estimate of drug-likeness (QED) is 0.355. The van der Waals surface area contributed by atoms with Gasteiger partial charge in [-0.1, -0.05) is 0 Å². The van der Waals surface area contributed by atoms with Crippen LogP contribution in [0.5, 0.6) is 0 Å². The molecule has 2 aromatic rings. The number of nitrogens with two attached hydrogens (primary N) is 1. The number of esters is 1. The first-order valence-corrected chi connectivity index (χ1v) is 9.34. The van der Waals surface area contributed by atoms with Crippen LogP contribution in [0.25, 0.3) is 0 Å². The lowest BCUT2D eigenvalue weighted by Crippen LogP contribution is -2.42. The number of nitrogens with zero attached hydrogens (tertiary/aromatic N) is 3. The van der Waals surface area contributed by atoms with E-state index in [0.717, 1.165) is 11.7 Å². The maximum Gasteiger partial charge on any atom is 0.449 e. The van der Waals surface area contributed by atoms with Gasteiger partial charge in [0.05, 0.1) is 19.3 Å². The lowest BCUT2D eigenvalue weighted by atomic mass is 10.0. The van der Waals surface area contributed by atoms with Crippen LogP contribution in [0.4, 0.5) is 26.3 Å². The van der Waals surface area contributed by atoms with Crippen molar-refractivity contribution in [1.29, 1.82) is 0 Å². The SMILES string of the molecule is Br.COC(=O)c1nc(C(F)(F)F)n2c1CN(C(=O)C[C@H](N)Cc1cc(F)c(F)cc1F)CC2. The topological polar surface area (TPSA) is 90.5 Å². The fourth-order valence-electron chi connectivity index (χ4n) is 3.49. The molecule has 1 aromatic heterocycles. The van der Waals surface area contributed by atoms with Gasteiger partial charge in [0.25, 0.3) is 0 Å². The number of aromatic nitrogens is 2. The molecule has 0 saturated heterocycles. The number of ether oxygens (including phenoxy) is 1. The molecule has 0 unspecified atom stereocenters. The van der Waals surface area contributed by atoms with E-state index in [-0.39, 0.29) is 60.7 Å². The Labute approximate surface area is 194 Å². The Hall–Kier alpha value is -2.61. The van der Waals surface area contributed by atoms with Crippen LogP contribution in [0.1, 0.15) is 34.0 Å². The average molecular weight is 545 g/mol. The van der Waals surface area contributed by atoms with Crippen LogP contribution in [0.3, 0.4) is 0 Å². The van der Waals surface area contributed by atoms with Crippen LogP contribution < -0.4 is 5.73 Å². The highest BCUT2D eigenvalue weighted by Gasteiger charge is 2.42. The van der Waals surface area contributed by atoms with Gasteiger partial charge in [-0.15, -0.1) is 17.0 Å². The molecule has 1 amide bonds. The van der Waals surface area contributed by atoms with Crippen LogP contribution in [-0.2, 0) is 35.2 Å². The number of hydrogen-bond donors (Lipinski definition) is 1. The third kappa shape index (κ3) is 5.66. The fraction of sp³-hybridized carbons (Fsp3) is 0.421. The monoisotopic (exact) mass is 544 g/mol. The van der Waals surface area contributed by atoms with Crippen molar-refractivity contribution in [3.63, 3.8) is 0 Å². The molecule has 33 heavy (non-hydrogen) atoms. The highest BCUT2D eigenvalue weighted by atomic mass is 79.9. The Morgan fingerprint density at radius 2 is 1.79 bits per heavy atom. The Kier molecular flexibility index (Phi) is 8.17. The predicted octanol–water partition coefficient (Wildman–Crippen LogP) is 2.99. The molecule has 1 aliphatic heterocycles. The summed E-state index contributed by atoms with van der Waals surface area (Å²) >= 11 is 0. The van der Waals surface area contributed by atoms with Crippen LogP contribution in [0.2, 0.25) is 0 Å². The van der Waals surface area contributed by atoms with E-state index in [1.165, 1.54) is 4.90 Å². The minimum Gasteiger partial charge on any atom is -0.464 e. The van der Waals surface area contributed by atoms with Crippen LogP contribution in [0, 0.1) is 17.5 Å². The van der Waals surface area contributed by atoms with Crippen molar-refractivity contribution >= 4 is 28.9 Å². The number of carbonyl (C=O) groups is 2. The van der Waals surface area contributed by atoms with Gasteiger partial charge < -0.3 is 19.9 Å². The molecule has 2 N–H and O–H groups in total. The second-order valence-electron chi connectivity index (χ2n) is 7.21. The molecule has 0 spiro atoms. The highest BCUT2D eigenvalue weighted by Crippen LogP contribution is 2.32. The molecule has 14 heteroatoms. The van der Waals surface area contributed by atoms with Crippen LogP contribution in [-0.4, -0.2) is 46.0 Å². The van der Waals surface area contributed by atoms with Gasteiger partial charge in [0, 0.05) is 31.6 Å². The van der Waals surface area contributed by atoms with E-state index in [1.54, 1.807) is 0 Å². The predicted molar refractivity (Wildman–Crippen MR) is 107 cm³/mol. The molecular weight excluding hydrogens is 526 g/mol. The van der Waals surface area contributed by atoms with Gasteiger partial charge in [-0.3, -0.25) is 4.79 Å². The van der Waals surface area contributed by atoms with Gasteiger partial charge in [0.1, 0.15) is 5.82 Å². The molecule has 0 bridgehead atoms. The van der Waals surface area contributed by atoms with Crippen molar-refractivity contribution in [2.45, 2.75) is 38.1 Å². The zero-order valence-electron chi connectivity index (χ0n) is 17.1. The van der Waals surface area contributed by atoms with Crippen molar-refractivity contribution < 1.29 is 40.7 Å². The largest absolute Gasteiger partial charge is 0.464 e. The van der Waals surface area contributed by atoms with E-state index in [1.807, 2.05) is 0 Å². The smallest absolute Gasteiger partial charge is 0.449 e. The van der Waals surface area contributed by atoms with Gasteiger partial charge in [0.15, 0.2) is 17.3 Å². The summed E-state index contributed by atoms with van der Waals surface area (Å²) in [5.41, 5.74) is 4.95. The summed E-state index contributed by atoms with van der Waals surface area (Å²) in [6.45, 7) is -0.732. The maximum atomic E-state index is 13.8. The second-order valence-corrected chi connectivity index (χ2v) is 7.21. The summed E-state index contributed by atoms with van der Waals surface area (Å²) in [5.74, 6) is -6.57. The Balaban J connectivity index is 0.00000385. The second kappa shape index (κ2) is 10.1. The minimum atomic E-state index is -4.82. The van der Waals surface area contributed by atoms with E-state index in [9.17, 15) is 35.9 Å². The third-order valence-corrected chi connectivity index (χ3v) is 5.00. The summed E-state index contributed by atoms with van der Waals surface area (Å²) in [6, 6.07) is 0.0485. The summed E-state index contributed by atoms with van der Waals surface area (Å²) in [7, 11) is 0.990. The average Bonchev–Trinajstić information content (AvgIpc) is 3.10. The lowest BCUT2D eigenvalue weighted by molar-refractivity contribution is -0.148. The molecule has 1 atom stereocenters. The first-order chi connectivity index (χ1) is 14.9. The van der Waals surface area contributed by atoms with Crippen LogP contribution in [0.15, 0.2) is 12.1 Å². The van der Waals surface area contributed by atoms with E-state index >= 15 is 0 Å². The number of rotatable bonds is 5. The number of fused-ring (bicyclic) bond motifs is 1. The van der Waals surface area contributed by atoms with Crippen molar-refractivity contribution in [2.75, 3.05) is 13.7 Å². The minimum absolute atomic E-state index is 0. The standard InChI is InChI=1S/C19H18F6N4O3.BrH/c1-32-17(31)16-14-8-28(2-3-29(14)18(27-16)19(23,24)25)15(30)6-10(26)4-9-5-12(21)13(22)7-11(9)20;/h5,7,10H,2-4,6,8,26H2,1H3;1H/t10-;/m1./s1. The van der Waals surface area contributed by atoms with Gasteiger partial charge in [-0.25, -0.2) is 22.9 Å². The third-order valence-electron chi connectivity index (χ3n) is 5.00. The molecule has 7 nitrogen and oxygen atoms in total. The molecule has 0 saturated carbocycles. The first kappa shape index (κ1) is 26.6. The first-order valence-electron chi connectivity index (χ1n) is 9.34. The number of carbonyl (C=O) groups excluding carboxylic acids is 2. The van der Waals surface area contributed by atoms with E-state index < -0.39 is 53.1 Å². The lowest BCUT2D eigenvalue weighted by Gasteiger charge is -2.30. The van der Waals surface area contributed by atoms with E-state index in [0.29, 0.717) is 12.1 Å². The Morgan fingerprint density at radius 1 is 1.15 bits per heavy atom. The zero-order chi connectivity index (χ0) is 23.8. The summed E-state index contributed by atoms with van der Waals surface area (Å²) in [4.78, 5) is 29.1. The van der Waals surface area contributed by atoms with Gasteiger partial charge in [-0.2, -0.15) is 13.2 Å². The number of amides is 1. The van der Waals surface area contributed by atoms with Crippen LogP contribution >= 0.6 is 17.0 Å². The molecule has 1 aliphatic rings. The zero-order valence-corrected chi connectivity index (χ0v) is 18.8. The molecule has 2 heterocycles. The molecule has 182 valence electrons. The number of alkyl halides is 3. The van der Waals surface area contributed by atoms with Gasteiger partial charge >= 0.3 is 12.1 Å². The summed E-state index contributed by atoms with van der Waals surface area (Å²) in [6.07, 6.45) is -5.43. The number of halogens is 7. The number of hydrogen-bond acceptors (Lipinski definition) is 5. The maximum absolute atomic E-state index is 13.8. The normalized spacial score (nSPS) is 14.4. The highest BCUT2D eigenvalue weighted by molar-refractivity contribution is 8.93. The van der Waals surface area contributed by atoms with Crippen molar-refractivity contribution in [1.82, 2.24) is 14.5 Å². The number of benzene rings is 1. The Morgan fingerprint density at radius 3 is 2.39 bits per heavy atom. The number of imidazole rings is 1. The molecular formula is C19H19BrF6N4O3. The van der Waals surface area contributed by atoms with E-state index in [4.69, 9.17) is 5.73 Å². The number of methoxy groups -OCH3 is 1. The molecule has 0 fully saturated rings. The summed E-state index contributed by atoms with van der Waals surface area (Å²) in [5, 5.41) is 0. The summed E-state index contributed by atoms with van der Waals surface area (Å²) < 4.78 is 85.3. The van der Waals surface area contributed by atoms with Gasteiger partial charge in [0.2, 0.25) is 11.7 Å². The van der Waals surface area contributed by atoms with Crippen molar-refractivity contribution in [3.8, 4) is 0 Å². The molecule has 0 aliphatic carbocycles. The fourth-order valence-corrected chi connectivity index (χ4v) is 3.49. The van der Waals surface area contributed by atoms with Crippen molar-refractivity contribution in [3.05, 3.63) is 52.4 Å². The molecule has 0 radical (unpaired) electrons. The van der Waals surface area contributed by atoms with Crippen molar-refractivity contribution in [2.24, 2.45) is 5.73 Å². The molecule has 1 aromatic carbocycles. The Bertz CT molecular complexity index is 1060. The van der Waals surface area contributed by atoms with E-state index in [2.05, 4.69) is 9.72 Å². The van der Waals surface area contributed by atoms with Gasteiger partial charge in [-0.05, 0) is 18.1 Å². The molecule has 3 rings (SSSR count).